The number of hydrogen-bond donors (Lipinski definition) is 4. The van der Waals surface area contributed by atoms with Crippen molar-refractivity contribution in [2.24, 2.45) is 0 Å². The molecule has 0 fully saturated rings. The third kappa shape index (κ3) is 4.59. The van der Waals surface area contributed by atoms with Gasteiger partial charge in [-0.05, 0) is 23.6 Å². The maximum Gasteiger partial charge on any atom is 0.328 e. The molecule has 0 aliphatic rings. The molecule has 0 spiro atoms. The summed E-state index contributed by atoms with van der Waals surface area (Å²) in [5, 5.41) is 22.1. The predicted octanol–water partition coefficient (Wildman–Crippen LogP) is 1.38. The SMILES string of the molecule is CC(C)c1ccc(NC(=O)NC(CO)C(=O)O)cc1. The molecule has 4 N–H and O–H groups in total. The van der Waals surface area contributed by atoms with Crippen LogP contribution in [0.25, 0.3) is 0 Å². The highest BCUT2D eigenvalue weighted by molar-refractivity contribution is 5.92. The molecule has 0 radical (unpaired) electrons. The molecule has 6 nitrogen and oxygen atoms in total. The Morgan fingerprint density at radius 3 is 2.21 bits per heavy atom. The molecule has 0 aliphatic heterocycles. The van der Waals surface area contributed by atoms with E-state index in [0.29, 0.717) is 11.6 Å². The topological polar surface area (TPSA) is 98.7 Å². The van der Waals surface area contributed by atoms with E-state index in [4.69, 9.17) is 10.2 Å². The lowest BCUT2D eigenvalue weighted by Gasteiger charge is -2.13. The number of aliphatic carboxylic acids is 1. The quantitative estimate of drug-likeness (QED) is 0.647. The third-order valence-electron chi connectivity index (χ3n) is 2.62. The fourth-order valence-electron chi connectivity index (χ4n) is 1.46. The number of carbonyl (C=O) groups is 2. The summed E-state index contributed by atoms with van der Waals surface area (Å²) < 4.78 is 0. The first-order valence-electron chi connectivity index (χ1n) is 5.95. The number of amides is 2. The molecular weight excluding hydrogens is 248 g/mol. The molecule has 0 saturated heterocycles. The van der Waals surface area contributed by atoms with Gasteiger partial charge in [0.25, 0.3) is 0 Å². The molecule has 104 valence electrons. The van der Waals surface area contributed by atoms with Gasteiger partial charge >= 0.3 is 12.0 Å². The van der Waals surface area contributed by atoms with Gasteiger partial charge in [0.1, 0.15) is 0 Å². The van der Waals surface area contributed by atoms with E-state index in [-0.39, 0.29) is 0 Å². The molecule has 2 amide bonds. The number of urea groups is 1. The number of carbonyl (C=O) groups excluding carboxylic acids is 1. The summed E-state index contributed by atoms with van der Waals surface area (Å²) in [4.78, 5) is 22.1. The number of benzene rings is 1. The van der Waals surface area contributed by atoms with Gasteiger partial charge < -0.3 is 20.8 Å². The molecule has 1 atom stereocenters. The van der Waals surface area contributed by atoms with E-state index < -0.39 is 24.6 Å². The van der Waals surface area contributed by atoms with Crippen LogP contribution in [-0.2, 0) is 4.79 Å². The molecule has 0 bridgehead atoms. The van der Waals surface area contributed by atoms with E-state index in [1.165, 1.54) is 0 Å². The lowest BCUT2D eigenvalue weighted by molar-refractivity contribution is -0.140. The van der Waals surface area contributed by atoms with Gasteiger partial charge in [-0.3, -0.25) is 0 Å². The van der Waals surface area contributed by atoms with Gasteiger partial charge in [-0.25, -0.2) is 9.59 Å². The molecule has 1 rings (SSSR count). The number of aliphatic hydroxyl groups is 1. The minimum Gasteiger partial charge on any atom is -0.480 e. The maximum absolute atomic E-state index is 11.5. The van der Waals surface area contributed by atoms with Gasteiger partial charge in [-0.1, -0.05) is 26.0 Å². The normalized spacial score (nSPS) is 12.0. The molecule has 1 unspecified atom stereocenters. The van der Waals surface area contributed by atoms with Crippen LogP contribution in [0.3, 0.4) is 0 Å². The molecule has 0 saturated carbocycles. The second-order valence-electron chi connectivity index (χ2n) is 4.45. The van der Waals surface area contributed by atoms with Crippen LogP contribution in [0.2, 0.25) is 0 Å². The number of hydrogen-bond acceptors (Lipinski definition) is 3. The minimum absolute atomic E-state index is 0.397. The number of anilines is 1. The average molecular weight is 266 g/mol. The molecule has 0 heterocycles. The van der Waals surface area contributed by atoms with Crippen molar-refractivity contribution < 1.29 is 19.8 Å². The number of aliphatic hydroxyl groups excluding tert-OH is 1. The van der Waals surface area contributed by atoms with Crippen molar-refractivity contribution in [3.8, 4) is 0 Å². The molecule has 19 heavy (non-hydrogen) atoms. The Labute approximate surface area is 111 Å². The first kappa shape index (κ1) is 15.0. The van der Waals surface area contributed by atoms with Crippen LogP contribution in [0.4, 0.5) is 10.5 Å². The minimum atomic E-state index is -1.31. The van der Waals surface area contributed by atoms with Crippen LogP contribution in [0.15, 0.2) is 24.3 Å². The molecule has 1 aromatic rings. The van der Waals surface area contributed by atoms with Crippen molar-refractivity contribution in [1.82, 2.24) is 5.32 Å². The molecule has 0 aromatic heterocycles. The van der Waals surface area contributed by atoms with Crippen LogP contribution < -0.4 is 10.6 Å². The molecule has 0 aliphatic carbocycles. The lowest BCUT2D eigenvalue weighted by atomic mass is 10.0. The summed E-state index contributed by atoms with van der Waals surface area (Å²) in [6, 6.07) is 5.28. The van der Waals surface area contributed by atoms with Gasteiger partial charge in [0.2, 0.25) is 0 Å². The monoisotopic (exact) mass is 266 g/mol. The van der Waals surface area contributed by atoms with Crippen molar-refractivity contribution in [1.29, 1.82) is 0 Å². The van der Waals surface area contributed by atoms with E-state index in [1.54, 1.807) is 12.1 Å². The zero-order valence-corrected chi connectivity index (χ0v) is 10.9. The van der Waals surface area contributed by atoms with Crippen LogP contribution in [0, 0.1) is 0 Å². The lowest BCUT2D eigenvalue weighted by Crippen LogP contribution is -2.45. The van der Waals surface area contributed by atoms with Gasteiger partial charge in [0, 0.05) is 5.69 Å². The molecule has 1 aromatic carbocycles. The number of carboxylic acids is 1. The maximum atomic E-state index is 11.5. The highest BCUT2D eigenvalue weighted by atomic mass is 16.4. The van der Waals surface area contributed by atoms with Crippen LogP contribution in [0.1, 0.15) is 25.3 Å². The largest absolute Gasteiger partial charge is 0.480 e. The Morgan fingerprint density at radius 2 is 1.79 bits per heavy atom. The summed E-state index contributed by atoms with van der Waals surface area (Å²) >= 11 is 0. The summed E-state index contributed by atoms with van der Waals surface area (Å²) in [7, 11) is 0. The Morgan fingerprint density at radius 1 is 1.21 bits per heavy atom. The average Bonchev–Trinajstić information content (AvgIpc) is 2.36. The first-order chi connectivity index (χ1) is 8.93. The van der Waals surface area contributed by atoms with Gasteiger partial charge in [-0.2, -0.15) is 0 Å². The number of nitrogens with one attached hydrogen (secondary N) is 2. The zero-order chi connectivity index (χ0) is 14.4. The summed E-state index contributed by atoms with van der Waals surface area (Å²) in [5.41, 5.74) is 1.70. The Kier molecular flexibility index (Phi) is 5.32. The Hall–Kier alpha value is -2.08. The predicted molar refractivity (Wildman–Crippen MR) is 71.2 cm³/mol. The highest BCUT2D eigenvalue weighted by Gasteiger charge is 2.18. The summed E-state index contributed by atoms with van der Waals surface area (Å²) in [5.74, 6) is -0.888. The Bertz CT molecular complexity index is 442. The van der Waals surface area contributed by atoms with E-state index in [0.717, 1.165) is 5.56 Å². The molecular formula is C13H18N2O4. The number of carboxylic acid groups (broad SMARTS) is 1. The van der Waals surface area contributed by atoms with Crippen molar-refractivity contribution in [3.05, 3.63) is 29.8 Å². The first-order valence-corrected chi connectivity index (χ1v) is 5.95. The van der Waals surface area contributed by atoms with Gasteiger partial charge in [-0.15, -0.1) is 0 Å². The van der Waals surface area contributed by atoms with E-state index in [9.17, 15) is 9.59 Å². The van der Waals surface area contributed by atoms with E-state index in [2.05, 4.69) is 24.5 Å². The number of rotatable bonds is 5. The van der Waals surface area contributed by atoms with Crippen LogP contribution in [-0.4, -0.2) is 34.9 Å². The fraction of sp³-hybridized carbons (Fsp3) is 0.385. The summed E-state index contributed by atoms with van der Waals surface area (Å²) in [6.45, 7) is 3.47. The van der Waals surface area contributed by atoms with Crippen molar-refractivity contribution in [3.63, 3.8) is 0 Å². The molecule has 6 heteroatoms. The Balaban J connectivity index is 2.59. The summed E-state index contributed by atoms with van der Waals surface area (Å²) in [6.07, 6.45) is 0. The van der Waals surface area contributed by atoms with E-state index >= 15 is 0 Å². The van der Waals surface area contributed by atoms with Gasteiger partial charge in [0.05, 0.1) is 6.61 Å². The second-order valence-corrected chi connectivity index (χ2v) is 4.45. The second kappa shape index (κ2) is 6.75. The highest BCUT2D eigenvalue weighted by Crippen LogP contribution is 2.16. The standard InChI is InChI=1S/C13H18N2O4/c1-8(2)9-3-5-10(6-4-9)14-13(19)15-11(7-16)12(17)18/h3-6,8,11,16H,7H2,1-2H3,(H,17,18)(H2,14,15,19). The van der Waals surface area contributed by atoms with Crippen molar-refractivity contribution in [2.75, 3.05) is 11.9 Å². The zero-order valence-electron chi connectivity index (χ0n) is 10.9. The fourth-order valence-corrected chi connectivity index (χ4v) is 1.46. The van der Waals surface area contributed by atoms with Gasteiger partial charge in [0.15, 0.2) is 6.04 Å². The van der Waals surface area contributed by atoms with Crippen LogP contribution >= 0.6 is 0 Å². The van der Waals surface area contributed by atoms with Crippen molar-refractivity contribution >= 4 is 17.7 Å². The van der Waals surface area contributed by atoms with Crippen LogP contribution in [0.5, 0.6) is 0 Å². The third-order valence-corrected chi connectivity index (χ3v) is 2.62. The van der Waals surface area contributed by atoms with Crippen molar-refractivity contribution in [2.45, 2.75) is 25.8 Å². The van der Waals surface area contributed by atoms with E-state index in [1.807, 2.05) is 12.1 Å². The smallest absolute Gasteiger partial charge is 0.328 e.